The van der Waals surface area contributed by atoms with E-state index in [1.165, 1.54) is 40.8 Å². The molecule has 1 atom stereocenters. The van der Waals surface area contributed by atoms with Crippen LogP contribution in [0.1, 0.15) is 48.6 Å². The van der Waals surface area contributed by atoms with E-state index in [0.29, 0.717) is 6.04 Å². The molecule has 0 amide bonds. The minimum absolute atomic E-state index is 0.268. The van der Waals surface area contributed by atoms with Crippen LogP contribution in [0.25, 0.3) is 0 Å². The summed E-state index contributed by atoms with van der Waals surface area (Å²) in [5.41, 5.74) is 7.13. The third-order valence-electron chi connectivity index (χ3n) is 4.88. The predicted octanol–water partition coefficient (Wildman–Crippen LogP) is 5.43. The standard InChI is InChI=1S/C20H25N/c1-14-9-10-15(2)18(13-14)21-19-17-8-6-5-7-16(17)11-12-20(19,3)4/h5-10,13,19,21H,11-12H2,1-4H3. The Kier molecular flexibility index (Phi) is 3.52. The summed E-state index contributed by atoms with van der Waals surface area (Å²) < 4.78 is 0. The van der Waals surface area contributed by atoms with E-state index in [1.807, 2.05) is 0 Å². The summed E-state index contributed by atoms with van der Waals surface area (Å²) in [5.74, 6) is 0. The smallest absolute Gasteiger partial charge is 0.0567 e. The number of hydrogen-bond donors (Lipinski definition) is 1. The lowest BCUT2D eigenvalue weighted by Crippen LogP contribution is -2.33. The van der Waals surface area contributed by atoms with Crippen LogP contribution in [0.2, 0.25) is 0 Å². The van der Waals surface area contributed by atoms with E-state index in [2.05, 4.69) is 75.5 Å². The van der Waals surface area contributed by atoms with Gasteiger partial charge in [0.1, 0.15) is 0 Å². The Morgan fingerprint density at radius 3 is 2.62 bits per heavy atom. The van der Waals surface area contributed by atoms with E-state index in [9.17, 15) is 0 Å². The second-order valence-corrected chi connectivity index (χ2v) is 7.08. The Morgan fingerprint density at radius 1 is 1.05 bits per heavy atom. The van der Waals surface area contributed by atoms with Crippen molar-refractivity contribution in [1.82, 2.24) is 0 Å². The first-order valence-electron chi connectivity index (χ1n) is 7.89. The van der Waals surface area contributed by atoms with Crippen molar-refractivity contribution < 1.29 is 0 Å². The molecule has 1 nitrogen and oxygen atoms in total. The molecule has 0 fully saturated rings. The molecule has 1 aliphatic rings. The van der Waals surface area contributed by atoms with Crippen molar-refractivity contribution in [1.29, 1.82) is 0 Å². The van der Waals surface area contributed by atoms with Crippen LogP contribution in [-0.4, -0.2) is 0 Å². The lowest BCUT2D eigenvalue weighted by Gasteiger charge is -2.41. The topological polar surface area (TPSA) is 12.0 Å². The summed E-state index contributed by atoms with van der Waals surface area (Å²) >= 11 is 0. The molecular weight excluding hydrogens is 254 g/mol. The van der Waals surface area contributed by atoms with Crippen molar-refractivity contribution in [3.8, 4) is 0 Å². The van der Waals surface area contributed by atoms with Crippen LogP contribution >= 0.6 is 0 Å². The highest BCUT2D eigenvalue weighted by molar-refractivity contribution is 5.55. The summed E-state index contributed by atoms with van der Waals surface area (Å²) in [6.07, 6.45) is 2.42. The van der Waals surface area contributed by atoms with E-state index in [4.69, 9.17) is 0 Å². The van der Waals surface area contributed by atoms with Crippen LogP contribution in [0.4, 0.5) is 5.69 Å². The fourth-order valence-corrected chi connectivity index (χ4v) is 3.39. The van der Waals surface area contributed by atoms with Crippen LogP contribution in [-0.2, 0) is 6.42 Å². The van der Waals surface area contributed by atoms with Gasteiger partial charge >= 0.3 is 0 Å². The van der Waals surface area contributed by atoms with Crippen molar-refractivity contribution in [2.75, 3.05) is 5.32 Å². The van der Waals surface area contributed by atoms with E-state index < -0.39 is 0 Å². The third kappa shape index (κ3) is 2.70. The SMILES string of the molecule is Cc1ccc(C)c(NC2c3ccccc3CCC2(C)C)c1. The number of fused-ring (bicyclic) bond motifs is 1. The average molecular weight is 279 g/mol. The maximum atomic E-state index is 3.84. The highest BCUT2D eigenvalue weighted by Gasteiger charge is 2.35. The van der Waals surface area contributed by atoms with Crippen LogP contribution < -0.4 is 5.32 Å². The zero-order valence-electron chi connectivity index (χ0n) is 13.5. The van der Waals surface area contributed by atoms with E-state index in [0.717, 1.165) is 0 Å². The molecule has 21 heavy (non-hydrogen) atoms. The molecule has 1 unspecified atom stereocenters. The van der Waals surface area contributed by atoms with Crippen LogP contribution in [0.3, 0.4) is 0 Å². The van der Waals surface area contributed by atoms with Crippen molar-refractivity contribution in [3.05, 3.63) is 64.7 Å². The monoisotopic (exact) mass is 279 g/mol. The first-order chi connectivity index (χ1) is 9.97. The lowest BCUT2D eigenvalue weighted by molar-refractivity contribution is 0.265. The number of nitrogens with one attached hydrogen (secondary N) is 1. The Balaban J connectivity index is 2.01. The number of benzene rings is 2. The molecule has 3 rings (SSSR count). The molecule has 2 aromatic rings. The fraction of sp³-hybridized carbons (Fsp3) is 0.400. The van der Waals surface area contributed by atoms with Crippen molar-refractivity contribution in [2.24, 2.45) is 5.41 Å². The largest absolute Gasteiger partial charge is 0.377 e. The van der Waals surface area contributed by atoms with E-state index in [1.54, 1.807) is 0 Å². The molecule has 1 heteroatoms. The van der Waals surface area contributed by atoms with Gasteiger partial charge in [0.2, 0.25) is 0 Å². The average Bonchev–Trinajstić information content (AvgIpc) is 2.46. The molecule has 0 heterocycles. The molecule has 0 saturated heterocycles. The highest BCUT2D eigenvalue weighted by Crippen LogP contribution is 2.45. The van der Waals surface area contributed by atoms with Gasteiger partial charge in [0.05, 0.1) is 6.04 Å². The van der Waals surface area contributed by atoms with Crippen molar-refractivity contribution >= 4 is 5.69 Å². The quantitative estimate of drug-likeness (QED) is 0.773. The normalized spacial score (nSPS) is 19.9. The summed E-state index contributed by atoms with van der Waals surface area (Å²) in [4.78, 5) is 0. The second-order valence-electron chi connectivity index (χ2n) is 7.08. The van der Waals surface area contributed by atoms with Gasteiger partial charge in [-0.15, -0.1) is 0 Å². The molecular formula is C20H25N. The molecule has 0 saturated carbocycles. The van der Waals surface area contributed by atoms with Crippen LogP contribution in [0.5, 0.6) is 0 Å². The molecule has 110 valence electrons. The van der Waals surface area contributed by atoms with Crippen molar-refractivity contribution in [2.45, 2.75) is 46.6 Å². The Bertz CT molecular complexity index is 655. The van der Waals surface area contributed by atoms with Crippen molar-refractivity contribution in [3.63, 3.8) is 0 Å². The molecule has 1 N–H and O–H groups in total. The third-order valence-corrected chi connectivity index (χ3v) is 4.88. The van der Waals surface area contributed by atoms with Gasteiger partial charge < -0.3 is 5.32 Å². The van der Waals surface area contributed by atoms with Gasteiger partial charge in [-0.2, -0.15) is 0 Å². The zero-order valence-corrected chi connectivity index (χ0v) is 13.5. The molecule has 0 bridgehead atoms. The minimum Gasteiger partial charge on any atom is -0.377 e. The minimum atomic E-state index is 0.268. The van der Waals surface area contributed by atoms with Crippen LogP contribution in [0.15, 0.2) is 42.5 Å². The Morgan fingerprint density at radius 2 is 1.81 bits per heavy atom. The van der Waals surface area contributed by atoms with Gasteiger partial charge in [-0.1, -0.05) is 50.2 Å². The molecule has 1 aliphatic carbocycles. The highest BCUT2D eigenvalue weighted by atomic mass is 14.9. The fourth-order valence-electron chi connectivity index (χ4n) is 3.39. The number of rotatable bonds is 2. The number of anilines is 1. The molecule has 0 radical (unpaired) electrons. The summed E-state index contributed by atoms with van der Waals surface area (Å²) in [7, 11) is 0. The first-order valence-corrected chi connectivity index (χ1v) is 7.89. The number of aryl methyl sites for hydroxylation is 3. The van der Waals surface area contributed by atoms with Gasteiger partial charge in [-0.3, -0.25) is 0 Å². The predicted molar refractivity (Wildman–Crippen MR) is 90.8 cm³/mol. The van der Waals surface area contributed by atoms with Gasteiger partial charge in [-0.25, -0.2) is 0 Å². The van der Waals surface area contributed by atoms with Crippen LogP contribution in [0, 0.1) is 19.3 Å². The molecule has 0 aromatic heterocycles. The maximum absolute atomic E-state index is 3.84. The zero-order chi connectivity index (χ0) is 15.0. The maximum Gasteiger partial charge on any atom is 0.0567 e. The summed E-state index contributed by atoms with van der Waals surface area (Å²) in [6, 6.07) is 15.9. The molecule has 0 spiro atoms. The van der Waals surface area contributed by atoms with E-state index >= 15 is 0 Å². The molecule has 0 aliphatic heterocycles. The lowest BCUT2D eigenvalue weighted by atomic mass is 9.70. The second kappa shape index (κ2) is 5.22. The van der Waals surface area contributed by atoms with Gasteiger partial charge in [0.25, 0.3) is 0 Å². The molecule has 2 aromatic carbocycles. The number of hydrogen-bond acceptors (Lipinski definition) is 1. The summed E-state index contributed by atoms with van der Waals surface area (Å²) in [5, 5.41) is 3.84. The summed E-state index contributed by atoms with van der Waals surface area (Å²) in [6.45, 7) is 9.10. The Hall–Kier alpha value is -1.76. The first kappa shape index (κ1) is 14.2. The van der Waals surface area contributed by atoms with Gasteiger partial charge in [0, 0.05) is 5.69 Å². The van der Waals surface area contributed by atoms with E-state index in [-0.39, 0.29) is 5.41 Å². The Labute approximate surface area is 128 Å². The van der Waals surface area contributed by atoms with Gasteiger partial charge in [-0.05, 0) is 60.4 Å². The van der Waals surface area contributed by atoms with Gasteiger partial charge in [0.15, 0.2) is 0 Å².